The van der Waals surface area contributed by atoms with E-state index >= 15 is 0 Å². The summed E-state index contributed by atoms with van der Waals surface area (Å²) < 4.78 is 10.3. The van der Waals surface area contributed by atoms with E-state index in [1.165, 1.54) is 11.0 Å². The molecular formula is C11H17NO5. The standard InChI is InChI=1S/C11H17NO5/c1-3-4-16-11(15)12-6-8(2)17-9(7-12)5-10(13)14/h3,8-9H,1,4-7H2,2H3,(H,13,14). The molecule has 0 bridgehead atoms. The van der Waals surface area contributed by atoms with E-state index in [0.717, 1.165) is 0 Å². The summed E-state index contributed by atoms with van der Waals surface area (Å²) in [7, 11) is 0. The van der Waals surface area contributed by atoms with Crippen molar-refractivity contribution < 1.29 is 24.2 Å². The minimum absolute atomic E-state index is 0.115. The lowest BCUT2D eigenvalue weighted by Gasteiger charge is -2.35. The number of rotatable bonds is 4. The van der Waals surface area contributed by atoms with E-state index in [0.29, 0.717) is 6.54 Å². The van der Waals surface area contributed by atoms with Crippen LogP contribution >= 0.6 is 0 Å². The summed E-state index contributed by atoms with van der Waals surface area (Å²) in [4.78, 5) is 23.6. The van der Waals surface area contributed by atoms with Crippen LogP contribution in [0.1, 0.15) is 13.3 Å². The van der Waals surface area contributed by atoms with E-state index in [1.54, 1.807) is 6.92 Å². The molecule has 0 aromatic rings. The molecule has 0 radical (unpaired) electrons. The first-order valence-electron chi connectivity index (χ1n) is 5.42. The number of morpholine rings is 1. The van der Waals surface area contributed by atoms with E-state index in [2.05, 4.69) is 6.58 Å². The Morgan fingerprint density at radius 3 is 2.88 bits per heavy atom. The van der Waals surface area contributed by atoms with Gasteiger partial charge in [0, 0.05) is 0 Å². The average molecular weight is 243 g/mol. The lowest BCUT2D eigenvalue weighted by Crippen LogP contribution is -2.49. The summed E-state index contributed by atoms with van der Waals surface area (Å²) in [6.45, 7) is 6.04. The molecule has 6 heteroatoms. The summed E-state index contributed by atoms with van der Waals surface area (Å²) in [6.07, 6.45) is 0.235. The Bertz CT molecular complexity index is 304. The lowest BCUT2D eigenvalue weighted by molar-refractivity contribution is -0.144. The van der Waals surface area contributed by atoms with Gasteiger partial charge < -0.3 is 19.5 Å². The van der Waals surface area contributed by atoms with Gasteiger partial charge in [0.25, 0.3) is 0 Å². The minimum Gasteiger partial charge on any atom is -0.481 e. The highest BCUT2D eigenvalue weighted by Crippen LogP contribution is 2.14. The summed E-state index contributed by atoms with van der Waals surface area (Å²) in [6, 6.07) is 0. The Kier molecular flexibility index (Phi) is 4.96. The number of carbonyl (C=O) groups excluding carboxylic acids is 1. The highest BCUT2D eigenvalue weighted by atomic mass is 16.6. The summed E-state index contributed by atoms with van der Waals surface area (Å²) >= 11 is 0. The highest BCUT2D eigenvalue weighted by Gasteiger charge is 2.30. The summed E-state index contributed by atoms with van der Waals surface area (Å²) in [5.41, 5.74) is 0. The van der Waals surface area contributed by atoms with Gasteiger partial charge in [-0.05, 0) is 6.92 Å². The largest absolute Gasteiger partial charge is 0.481 e. The van der Waals surface area contributed by atoms with Crippen LogP contribution in [-0.2, 0) is 14.3 Å². The van der Waals surface area contributed by atoms with E-state index in [1.807, 2.05) is 0 Å². The number of carboxylic acids is 1. The van der Waals surface area contributed by atoms with Gasteiger partial charge in [-0.1, -0.05) is 12.7 Å². The first kappa shape index (κ1) is 13.5. The molecule has 0 aliphatic carbocycles. The van der Waals surface area contributed by atoms with Crippen LogP contribution in [0.2, 0.25) is 0 Å². The monoisotopic (exact) mass is 243 g/mol. The second kappa shape index (κ2) is 6.24. The number of carbonyl (C=O) groups is 2. The molecule has 2 atom stereocenters. The SMILES string of the molecule is C=CCOC(=O)N1CC(C)OC(CC(=O)O)C1. The Hall–Kier alpha value is -1.56. The van der Waals surface area contributed by atoms with E-state index in [-0.39, 0.29) is 25.7 Å². The summed E-state index contributed by atoms with van der Waals surface area (Å²) in [5, 5.41) is 8.69. The molecule has 1 heterocycles. The zero-order chi connectivity index (χ0) is 12.8. The molecule has 17 heavy (non-hydrogen) atoms. The number of ether oxygens (including phenoxy) is 2. The average Bonchev–Trinajstić information content (AvgIpc) is 2.24. The van der Waals surface area contributed by atoms with Crippen LogP contribution in [0, 0.1) is 0 Å². The molecule has 1 N–H and O–H groups in total. The number of carboxylic acid groups (broad SMARTS) is 1. The van der Waals surface area contributed by atoms with E-state index in [9.17, 15) is 9.59 Å². The van der Waals surface area contributed by atoms with Gasteiger partial charge in [0.1, 0.15) is 6.61 Å². The van der Waals surface area contributed by atoms with Crippen molar-refractivity contribution >= 4 is 12.1 Å². The van der Waals surface area contributed by atoms with Crippen LogP contribution < -0.4 is 0 Å². The second-order valence-corrected chi connectivity index (χ2v) is 3.94. The molecule has 6 nitrogen and oxygen atoms in total. The third-order valence-corrected chi connectivity index (χ3v) is 2.31. The molecule has 96 valence electrons. The molecule has 0 aromatic heterocycles. The van der Waals surface area contributed by atoms with Crippen molar-refractivity contribution in [2.45, 2.75) is 25.6 Å². The molecule has 1 fully saturated rings. The molecular weight excluding hydrogens is 226 g/mol. The molecule has 0 saturated carbocycles. The zero-order valence-corrected chi connectivity index (χ0v) is 9.80. The molecule has 2 unspecified atom stereocenters. The van der Waals surface area contributed by atoms with Crippen LogP contribution in [0.3, 0.4) is 0 Å². The van der Waals surface area contributed by atoms with Gasteiger partial charge in [-0.3, -0.25) is 4.79 Å². The maximum atomic E-state index is 11.6. The highest BCUT2D eigenvalue weighted by molar-refractivity contribution is 5.69. The normalized spacial score (nSPS) is 24.2. The number of aliphatic carboxylic acids is 1. The van der Waals surface area contributed by atoms with Gasteiger partial charge in [0.05, 0.1) is 31.7 Å². The number of hydrogen-bond acceptors (Lipinski definition) is 4. The predicted molar refractivity (Wildman–Crippen MR) is 59.7 cm³/mol. The Balaban J connectivity index is 2.51. The third-order valence-electron chi connectivity index (χ3n) is 2.31. The van der Waals surface area contributed by atoms with Crippen molar-refractivity contribution in [1.82, 2.24) is 4.90 Å². The Morgan fingerprint density at radius 2 is 2.29 bits per heavy atom. The van der Waals surface area contributed by atoms with Crippen molar-refractivity contribution in [3.8, 4) is 0 Å². The first-order valence-corrected chi connectivity index (χ1v) is 5.42. The second-order valence-electron chi connectivity index (χ2n) is 3.94. The predicted octanol–water partition coefficient (Wildman–Crippen LogP) is 0.873. The molecule has 1 amide bonds. The first-order chi connectivity index (χ1) is 8.02. The van der Waals surface area contributed by atoms with E-state index in [4.69, 9.17) is 14.6 Å². The van der Waals surface area contributed by atoms with Gasteiger partial charge in [-0.15, -0.1) is 0 Å². The topological polar surface area (TPSA) is 76.1 Å². The van der Waals surface area contributed by atoms with Gasteiger partial charge in [-0.2, -0.15) is 0 Å². The Morgan fingerprint density at radius 1 is 1.59 bits per heavy atom. The quantitative estimate of drug-likeness (QED) is 0.741. The summed E-state index contributed by atoms with van der Waals surface area (Å²) in [5.74, 6) is -0.941. The smallest absolute Gasteiger partial charge is 0.410 e. The van der Waals surface area contributed by atoms with Crippen molar-refractivity contribution in [3.63, 3.8) is 0 Å². The van der Waals surface area contributed by atoms with Crippen molar-refractivity contribution in [3.05, 3.63) is 12.7 Å². The fraction of sp³-hybridized carbons (Fsp3) is 0.636. The van der Waals surface area contributed by atoms with Crippen LogP contribution in [-0.4, -0.2) is 54.0 Å². The number of amides is 1. The maximum Gasteiger partial charge on any atom is 0.410 e. The van der Waals surface area contributed by atoms with Crippen LogP contribution in [0.25, 0.3) is 0 Å². The van der Waals surface area contributed by atoms with Crippen LogP contribution in [0.5, 0.6) is 0 Å². The zero-order valence-electron chi connectivity index (χ0n) is 9.80. The third kappa shape index (κ3) is 4.44. The fourth-order valence-electron chi connectivity index (χ4n) is 1.72. The maximum absolute atomic E-state index is 11.6. The van der Waals surface area contributed by atoms with Crippen molar-refractivity contribution in [2.24, 2.45) is 0 Å². The fourth-order valence-corrected chi connectivity index (χ4v) is 1.72. The van der Waals surface area contributed by atoms with Gasteiger partial charge in [-0.25, -0.2) is 4.79 Å². The number of hydrogen-bond donors (Lipinski definition) is 1. The molecule has 0 aromatic carbocycles. The van der Waals surface area contributed by atoms with Gasteiger partial charge >= 0.3 is 12.1 Å². The lowest BCUT2D eigenvalue weighted by atomic mass is 10.2. The van der Waals surface area contributed by atoms with Crippen molar-refractivity contribution in [2.75, 3.05) is 19.7 Å². The van der Waals surface area contributed by atoms with Crippen LogP contribution in [0.4, 0.5) is 4.79 Å². The van der Waals surface area contributed by atoms with Gasteiger partial charge in [0.2, 0.25) is 0 Å². The molecule has 1 aliphatic rings. The minimum atomic E-state index is -0.941. The molecule has 1 aliphatic heterocycles. The molecule has 1 rings (SSSR count). The van der Waals surface area contributed by atoms with Crippen LogP contribution in [0.15, 0.2) is 12.7 Å². The molecule has 0 spiro atoms. The number of nitrogens with zero attached hydrogens (tertiary/aromatic N) is 1. The molecule has 1 saturated heterocycles. The van der Waals surface area contributed by atoms with Gasteiger partial charge in [0.15, 0.2) is 0 Å². The Labute approximate surface area is 99.8 Å². The van der Waals surface area contributed by atoms with E-state index < -0.39 is 18.2 Å². The van der Waals surface area contributed by atoms with Crippen molar-refractivity contribution in [1.29, 1.82) is 0 Å².